The van der Waals surface area contributed by atoms with Gasteiger partial charge in [0.05, 0.1) is 0 Å². The fourth-order valence-corrected chi connectivity index (χ4v) is 3.48. The van der Waals surface area contributed by atoms with Gasteiger partial charge in [0.2, 0.25) is 5.91 Å². The van der Waals surface area contributed by atoms with Crippen molar-refractivity contribution in [3.63, 3.8) is 0 Å². The first-order chi connectivity index (χ1) is 12.6. The number of hydrogen-bond donors (Lipinski definition) is 2. The largest absolute Gasteiger partial charge is 0.484 e. The molecule has 26 heavy (non-hydrogen) atoms. The number of amides is 2. The van der Waals surface area contributed by atoms with Gasteiger partial charge in [-0.05, 0) is 50.5 Å². The molecule has 1 unspecified atom stereocenters. The first-order valence-electron chi connectivity index (χ1n) is 9.06. The van der Waals surface area contributed by atoms with Crippen molar-refractivity contribution in [1.29, 1.82) is 0 Å². The molecule has 0 spiro atoms. The Bertz CT molecular complexity index is 562. The minimum Gasteiger partial charge on any atom is -0.484 e. The zero-order chi connectivity index (χ0) is 18.8. The first-order valence-corrected chi connectivity index (χ1v) is 10.5. The molecule has 2 rings (SSSR count). The van der Waals surface area contributed by atoms with Gasteiger partial charge in [0.25, 0.3) is 5.91 Å². The average Bonchev–Trinajstić information content (AvgIpc) is 2.70. The fourth-order valence-electron chi connectivity index (χ4n) is 3.00. The van der Waals surface area contributed by atoms with Crippen LogP contribution in [-0.2, 0) is 9.59 Å². The standard InChI is InChI=1S/C19H29N3O3S/c1-20-15-8-11-22(12-9-15)19(24)17(10-13-26-2)21-18(23)14-25-16-6-4-3-5-7-16/h3-7,15,17,20H,8-14H2,1-2H3,(H,21,23). The summed E-state index contributed by atoms with van der Waals surface area (Å²) in [5.74, 6) is 1.22. The number of rotatable bonds is 9. The molecule has 2 N–H and O–H groups in total. The van der Waals surface area contributed by atoms with Crippen molar-refractivity contribution in [2.45, 2.75) is 31.3 Å². The monoisotopic (exact) mass is 379 g/mol. The maximum Gasteiger partial charge on any atom is 0.258 e. The molecule has 0 radical (unpaired) electrons. The summed E-state index contributed by atoms with van der Waals surface area (Å²) in [5, 5.41) is 6.12. The van der Waals surface area contributed by atoms with E-state index in [2.05, 4.69) is 10.6 Å². The Morgan fingerprint density at radius 2 is 1.96 bits per heavy atom. The average molecular weight is 380 g/mol. The van der Waals surface area contributed by atoms with Gasteiger partial charge in [0.15, 0.2) is 6.61 Å². The second-order valence-corrected chi connectivity index (χ2v) is 7.38. The third-order valence-electron chi connectivity index (χ3n) is 4.57. The van der Waals surface area contributed by atoms with Crippen LogP contribution in [0.4, 0.5) is 0 Å². The van der Waals surface area contributed by atoms with Gasteiger partial charge in [-0.3, -0.25) is 9.59 Å². The first kappa shape index (κ1) is 20.6. The number of thioether (sulfide) groups is 1. The van der Waals surface area contributed by atoms with Crippen LogP contribution in [0.1, 0.15) is 19.3 Å². The van der Waals surface area contributed by atoms with E-state index in [0.717, 1.165) is 31.7 Å². The van der Waals surface area contributed by atoms with E-state index in [1.54, 1.807) is 23.9 Å². The number of carbonyl (C=O) groups excluding carboxylic acids is 2. The number of piperidine rings is 1. The molecule has 0 saturated carbocycles. The lowest BCUT2D eigenvalue weighted by Crippen LogP contribution is -2.53. The number of benzene rings is 1. The Hall–Kier alpha value is -1.73. The van der Waals surface area contributed by atoms with Gasteiger partial charge in [0, 0.05) is 19.1 Å². The smallest absolute Gasteiger partial charge is 0.258 e. The van der Waals surface area contributed by atoms with Crippen LogP contribution in [0.2, 0.25) is 0 Å². The third-order valence-corrected chi connectivity index (χ3v) is 5.22. The molecule has 6 nitrogen and oxygen atoms in total. The zero-order valence-corrected chi connectivity index (χ0v) is 16.4. The molecule has 0 bridgehead atoms. The Balaban J connectivity index is 1.87. The molecule has 1 aliphatic heterocycles. The van der Waals surface area contributed by atoms with Crippen LogP contribution in [0.25, 0.3) is 0 Å². The fraction of sp³-hybridized carbons (Fsp3) is 0.579. The lowest BCUT2D eigenvalue weighted by molar-refractivity contribution is -0.137. The van der Waals surface area contributed by atoms with Gasteiger partial charge in [0.1, 0.15) is 11.8 Å². The van der Waals surface area contributed by atoms with Crippen molar-refractivity contribution in [1.82, 2.24) is 15.5 Å². The number of ether oxygens (including phenoxy) is 1. The Labute approximate surface area is 160 Å². The van der Waals surface area contributed by atoms with Crippen molar-refractivity contribution in [2.75, 3.05) is 38.8 Å². The van der Waals surface area contributed by atoms with Crippen molar-refractivity contribution in [2.24, 2.45) is 0 Å². The lowest BCUT2D eigenvalue weighted by Gasteiger charge is -2.34. The maximum atomic E-state index is 12.8. The molecule has 144 valence electrons. The van der Waals surface area contributed by atoms with Crippen LogP contribution < -0.4 is 15.4 Å². The highest BCUT2D eigenvalue weighted by atomic mass is 32.2. The number of nitrogens with zero attached hydrogens (tertiary/aromatic N) is 1. The van der Waals surface area contributed by atoms with Crippen molar-refractivity contribution in [3.05, 3.63) is 30.3 Å². The molecule has 7 heteroatoms. The minimum absolute atomic E-state index is 0.0154. The molecule has 1 aromatic rings. The van der Waals surface area contributed by atoms with E-state index in [1.165, 1.54) is 0 Å². The summed E-state index contributed by atoms with van der Waals surface area (Å²) in [6.45, 7) is 1.38. The highest BCUT2D eigenvalue weighted by Crippen LogP contribution is 2.13. The van der Waals surface area contributed by atoms with E-state index in [-0.39, 0.29) is 18.4 Å². The summed E-state index contributed by atoms with van der Waals surface area (Å²) >= 11 is 1.67. The summed E-state index contributed by atoms with van der Waals surface area (Å²) in [5.41, 5.74) is 0. The van der Waals surface area contributed by atoms with Crippen molar-refractivity contribution >= 4 is 23.6 Å². The second kappa shape index (κ2) is 11.1. The molecule has 1 heterocycles. The van der Waals surface area contributed by atoms with Crippen LogP contribution in [0.3, 0.4) is 0 Å². The normalized spacial score (nSPS) is 16.2. The molecule has 1 aromatic carbocycles. The molecular weight excluding hydrogens is 350 g/mol. The van der Waals surface area contributed by atoms with Gasteiger partial charge < -0.3 is 20.3 Å². The van der Waals surface area contributed by atoms with E-state index < -0.39 is 6.04 Å². The van der Waals surface area contributed by atoms with Crippen LogP contribution in [0.5, 0.6) is 5.75 Å². The lowest BCUT2D eigenvalue weighted by atomic mass is 10.0. The van der Waals surface area contributed by atoms with Gasteiger partial charge in [-0.2, -0.15) is 11.8 Å². The van der Waals surface area contributed by atoms with Crippen LogP contribution in [0.15, 0.2) is 30.3 Å². The number of nitrogens with one attached hydrogen (secondary N) is 2. The molecule has 1 fully saturated rings. The van der Waals surface area contributed by atoms with Crippen molar-refractivity contribution in [3.8, 4) is 5.75 Å². The van der Waals surface area contributed by atoms with Gasteiger partial charge in [-0.1, -0.05) is 18.2 Å². The quantitative estimate of drug-likeness (QED) is 0.681. The summed E-state index contributed by atoms with van der Waals surface area (Å²) in [6, 6.07) is 9.18. The van der Waals surface area contributed by atoms with Crippen LogP contribution >= 0.6 is 11.8 Å². The molecule has 1 aliphatic rings. The molecule has 1 atom stereocenters. The molecule has 2 amide bonds. The number of para-hydroxylation sites is 1. The SMILES string of the molecule is CNC1CCN(C(=O)C(CCSC)NC(=O)COc2ccccc2)CC1. The van der Waals surface area contributed by atoms with E-state index >= 15 is 0 Å². The molecular formula is C19H29N3O3S. The maximum absolute atomic E-state index is 12.8. The van der Waals surface area contributed by atoms with E-state index in [4.69, 9.17) is 4.74 Å². The summed E-state index contributed by atoms with van der Waals surface area (Å²) in [4.78, 5) is 27.0. The summed E-state index contributed by atoms with van der Waals surface area (Å²) < 4.78 is 5.48. The minimum atomic E-state index is -0.486. The highest BCUT2D eigenvalue weighted by molar-refractivity contribution is 7.98. The van der Waals surface area contributed by atoms with Gasteiger partial charge >= 0.3 is 0 Å². The molecule has 0 aromatic heterocycles. The van der Waals surface area contributed by atoms with Crippen LogP contribution in [-0.4, -0.2) is 67.6 Å². The Kier molecular flexibility index (Phi) is 8.77. The second-order valence-electron chi connectivity index (χ2n) is 6.39. The number of carbonyl (C=O) groups is 2. The zero-order valence-electron chi connectivity index (χ0n) is 15.6. The molecule has 0 aliphatic carbocycles. The highest BCUT2D eigenvalue weighted by Gasteiger charge is 2.28. The Morgan fingerprint density at radius 3 is 2.58 bits per heavy atom. The topological polar surface area (TPSA) is 70.7 Å². The molecule has 1 saturated heterocycles. The Morgan fingerprint density at radius 1 is 1.27 bits per heavy atom. The van der Waals surface area contributed by atoms with Gasteiger partial charge in [-0.25, -0.2) is 0 Å². The van der Waals surface area contributed by atoms with Gasteiger partial charge in [-0.15, -0.1) is 0 Å². The van der Waals surface area contributed by atoms with E-state index in [0.29, 0.717) is 18.2 Å². The third kappa shape index (κ3) is 6.53. The van der Waals surface area contributed by atoms with E-state index in [1.807, 2.05) is 36.4 Å². The van der Waals surface area contributed by atoms with Crippen LogP contribution in [0, 0.1) is 0 Å². The van der Waals surface area contributed by atoms with E-state index in [9.17, 15) is 9.59 Å². The predicted molar refractivity (Wildman–Crippen MR) is 106 cm³/mol. The summed E-state index contributed by atoms with van der Waals surface area (Å²) in [7, 11) is 1.95. The predicted octanol–water partition coefficient (Wildman–Crippen LogP) is 1.51. The number of likely N-dealkylation sites (tertiary alicyclic amines) is 1. The van der Waals surface area contributed by atoms with Crippen molar-refractivity contribution < 1.29 is 14.3 Å². The summed E-state index contributed by atoms with van der Waals surface area (Å²) in [6.07, 6.45) is 4.52. The number of hydrogen-bond acceptors (Lipinski definition) is 5.